The van der Waals surface area contributed by atoms with E-state index in [0.717, 1.165) is 63.4 Å². The van der Waals surface area contributed by atoms with Crippen molar-refractivity contribution in [1.82, 2.24) is 0 Å². The quantitative estimate of drug-likeness (QED) is 0.383. The van der Waals surface area contributed by atoms with Gasteiger partial charge in [0.1, 0.15) is 5.83 Å². The van der Waals surface area contributed by atoms with Crippen LogP contribution >= 0.6 is 0 Å². The van der Waals surface area contributed by atoms with Crippen LogP contribution < -0.4 is 0 Å². The van der Waals surface area contributed by atoms with E-state index in [2.05, 4.69) is 19.1 Å². The SMILES string of the molecule is CCCC1CC=C(c2ccc(CCC3CCC(C4=CCC(C)C(F)=C4)CC3)c(F)c2F)CC1. The molecule has 1 aromatic carbocycles. The van der Waals surface area contributed by atoms with Gasteiger partial charge in [-0.3, -0.25) is 0 Å². The number of halogens is 3. The van der Waals surface area contributed by atoms with Crippen molar-refractivity contribution in [3.8, 4) is 0 Å². The van der Waals surface area contributed by atoms with E-state index in [1.807, 2.05) is 6.92 Å². The normalized spacial score (nSPS) is 28.2. The zero-order valence-corrected chi connectivity index (χ0v) is 20.3. The fourth-order valence-electron chi connectivity index (χ4n) is 6.05. The monoisotopic (exact) mass is 456 g/mol. The first-order valence-electron chi connectivity index (χ1n) is 13.2. The fourth-order valence-corrected chi connectivity index (χ4v) is 6.05. The van der Waals surface area contributed by atoms with Gasteiger partial charge in [0.15, 0.2) is 11.6 Å². The number of allylic oxidation sites excluding steroid dienone is 6. The van der Waals surface area contributed by atoms with Crippen LogP contribution in [0.1, 0.15) is 95.6 Å². The lowest BCUT2D eigenvalue weighted by Crippen LogP contribution is -2.18. The van der Waals surface area contributed by atoms with Crippen LogP contribution in [0.25, 0.3) is 5.57 Å². The lowest BCUT2D eigenvalue weighted by Gasteiger charge is -2.31. The second-order valence-electron chi connectivity index (χ2n) is 10.7. The van der Waals surface area contributed by atoms with Crippen LogP contribution in [0.5, 0.6) is 0 Å². The summed E-state index contributed by atoms with van der Waals surface area (Å²) < 4.78 is 43.8. The van der Waals surface area contributed by atoms with E-state index in [4.69, 9.17) is 0 Å². The highest BCUT2D eigenvalue weighted by molar-refractivity contribution is 5.67. The second kappa shape index (κ2) is 11.1. The van der Waals surface area contributed by atoms with E-state index >= 15 is 0 Å². The Balaban J connectivity index is 1.30. The predicted octanol–water partition coefficient (Wildman–Crippen LogP) is 9.51. The van der Waals surface area contributed by atoms with Gasteiger partial charge in [-0.2, -0.15) is 0 Å². The van der Waals surface area contributed by atoms with Gasteiger partial charge in [0.25, 0.3) is 0 Å². The minimum Gasteiger partial charge on any atom is -0.212 e. The van der Waals surface area contributed by atoms with Gasteiger partial charge in [0.2, 0.25) is 0 Å². The smallest absolute Gasteiger partial charge is 0.166 e. The number of rotatable bonds is 7. The molecule has 0 saturated heterocycles. The summed E-state index contributed by atoms with van der Waals surface area (Å²) in [5.74, 6) is 0.391. The van der Waals surface area contributed by atoms with Crippen LogP contribution in [0.3, 0.4) is 0 Å². The van der Waals surface area contributed by atoms with Crippen molar-refractivity contribution in [2.75, 3.05) is 0 Å². The topological polar surface area (TPSA) is 0 Å². The molecule has 0 heterocycles. The predicted molar refractivity (Wildman–Crippen MR) is 131 cm³/mol. The van der Waals surface area contributed by atoms with Gasteiger partial charge in [-0.25, -0.2) is 13.2 Å². The Morgan fingerprint density at radius 1 is 0.848 bits per heavy atom. The van der Waals surface area contributed by atoms with E-state index in [1.54, 1.807) is 18.2 Å². The van der Waals surface area contributed by atoms with Crippen molar-refractivity contribution in [2.45, 2.75) is 90.9 Å². The van der Waals surface area contributed by atoms with Crippen LogP contribution in [0, 0.1) is 35.3 Å². The summed E-state index contributed by atoms with van der Waals surface area (Å²) >= 11 is 0. The Hall–Kier alpha value is -1.77. The van der Waals surface area contributed by atoms with Gasteiger partial charge in [0.05, 0.1) is 0 Å². The summed E-state index contributed by atoms with van der Waals surface area (Å²) in [4.78, 5) is 0. The van der Waals surface area contributed by atoms with E-state index in [-0.39, 0.29) is 11.7 Å². The Kier molecular flexibility index (Phi) is 8.20. The summed E-state index contributed by atoms with van der Waals surface area (Å²) in [5.41, 5.74) is 3.11. The number of hydrogen-bond acceptors (Lipinski definition) is 0. The van der Waals surface area contributed by atoms with Gasteiger partial charge >= 0.3 is 0 Å². The number of hydrogen-bond donors (Lipinski definition) is 0. The first-order chi connectivity index (χ1) is 16.0. The molecular weight excluding hydrogens is 417 g/mol. The molecule has 33 heavy (non-hydrogen) atoms. The van der Waals surface area contributed by atoms with Gasteiger partial charge < -0.3 is 0 Å². The highest BCUT2D eigenvalue weighted by atomic mass is 19.2. The van der Waals surface area contributed by atoms with Gasteiger partial charge in [0, 0.05) is 11.5 Å². The molecule has 1 saturated carbocycles. The first-order valence-corrected chi connectivity index (χ1v) is 13.2. The van der Waals surface area contributed by atoms with Gasteiger partial charge in [-0.1, -0.05) is 51.0 Å². The van der Waals surface area contributed by atoms with Crippen LogP contribution in [0.4, 0.5) is 13.2 Å². The molecule has 0 radical (unpaired) electrons. The van der Waals surface area contributed by atoms with E-state index in [0.29, 0.717) is 35.3 Å². The molecule has 2 unspecified atom stereocenters. The maximum absolute atomic E-state index is 14.9. The number of benzene rings is 1. The molecule has 0 spiro atoms. The molecule has 3 aliphatic carbocycles. The lowest BCUT2D eigenvalue weighted by atomic mass is 9.75. The molecule has 180 valence electrons. The Labute approximate surface area is 198 Å². The van der Waals surface area contributed by atoms with Crippen LogP contribution in [-0.4, -0.2) is 0 Å². The molecule has 0 nitrogen and oxygen atoms in total. The van der Waals surface area contributed by atoms with Crippen molar-refractivity contribution >= 4 is 5.57 Å². The van der Waals surface area contributed by atoms with Crippen molar-refractivity contribution in [3.63, 3.8) is 0 Å². The highest BCUT2D eigenvalue weighted by Crippen LogP contribution is 2.39. The second-order valence-corrected chi connectivity index (χ2v) is 10.7. The molecule has 3 aliphatic rings. The molecule has 2 atom stereocenters. The minimum absolute atomic E-state index is 0.0131. The molecule has 0 aliphatic heterocycles. The van der Waals surface area contributed by atoms with E-state index < -0.39 is 11.6 Å². The summed E-state index contributed by atoms with van der Waals surface area (Å²) in [6, 6.07) is 3.61. The number of aryl methyl sites for hydroxylation is 1. The molecule has 0 N–H and O–H groups in total. The highest BCUT2D eigenvalue weighted by Gasteiger charge is 2.26. The van der Waals surface area contributed by atoms with E-state index in [1.165, 1.54) is 18.4 Å². The van der Waals surface area contributed by atoms with Crippen LogP contribution in [-0.2, 0) is 6.42 Å². The molecule has 0 bridgehead atoms. The van der Waals surface area contributed by atoms with Crippen molar-refractivity contribution in [1.29, 1.82) is 0 Å². The third-order valence-corrected chi connectivity index (χ3v) is 8.35. The summed E-state index contributed by atoms with van der Waals surface area (Å²) in [6.07, 6.45) is 18.0. The Bertz CT molecular complexity index is 915. The third-order valence-electron chi connectivity index (χ3n) is 8.35. The van der Waals surface area contributed by atoms with Gasteiger partial charge in [-0.15, -0.1) is 0 Å². The van der Waals surface area contributed by atoms with E-state index in [9.17, 15) is 13.2 Å². The average Bonchev–Trinajstić information content (AvgIpc) is 2.83. The fraction of sp³-hybridized carbons (Fsp3) is 0.600. The van der Waals surface area contributed by atoms with Crippen molar-refractivity contribution in [3.05, 3.63) is 64.5 Å². The summed E-state index contributed by atoms with van der Waals surface area (Å²) in [6.45, 7) is 4.13. The Morgan fingerprint density at radius 3 is 2.30 bits per heavy atom. The third kappa shape index (κ3) is 5.84. The lowest BCUT2D eigenvalue weighted by molar-refractivity contribution is 0.287. The molecular formula is C30H39F3. The zero-order valence-electron chi connectivity index (χ0n) is 20.3. The molecule has 0 amide bonds. The molecule has 1 fully saturated rings. The summed E-state index contributed by atoms with van der Waals surface area (Å²) in [5, 5.41) is 0. The van der Waals surface area contributed by atoms with Gasteiger partial charge in [-0.05, 0) is 105 Å². The Morgan fingerprint density at radius 2 is 1.64 bits per heavy atom. The molecule has 0 aromatic heterocycles. The van der Waals surface area contributed by atoms with Crippen LogP contribution in [0.15, 0.2) is 41.8 Å². The van der Waals surface area contributed by atoms with Crippen molar-refractivity contribution < 1.29 is 13.2 Å². The standard InChI is InChI=1S/C30H39F3/c1-3-4-21-8-14-24(15-9-21)27-18-17-25(29(32)30(27)33)16-10-22-6-12-23(13-7-22)26-11-5-20(2)28(31)19-26/h11,14,17-23H,3-10,12-13,15-16H2,1-2H3. The molecule has 4 rings (SSSR count). The first kappa shape index (κ1) is 24.4. The van der Waals surface area contributed by atoms with Crippen molar-refractivity contribution in [2.24, 2.45) is 23.7 Å². The maximum Gasteiger partial charge on any atom is 0.166 e. The minimum atomic E-state index is -0.663. The maximum atomic E-state index is 14.9. The zero-order chi connectivity index (χ0) is 23.4. The summed E-state index contributed by atoms with van der Waals surface area (Å²) in [7, 11) is 0. The average molecular weight is 457 g/mol. The van der Waals surface area contributed by atoms with Crippen LogP contribution in [0.2, 0.25) is 0 Å². The largest absolute Gasteiger partial charge is 0.212 e. The molecule has 1 aromatic rings. The molecule has 3 heteroatoms.